The molecule has 1 atom stereocenters. The first-order chi connectivity index (χ1) is 14.5. The van der Waals surface area contributed by atoms with Gasteiger partial charge in [-0.1, -0.05) is 23.7 Å². The van der Waals surface area contributed by atoms with Crippen molar-refractivity contribution in [3.05, 3.63) is 76.0 Å². The van der Waals surface area contributed by atoms with Crippen molar-refractivity contribution in [1.29, 1.82) is 0 Å². The summed E-state index contributed by atoms with van der Waals surface area (Å²) >= 11 is 6.38. The van der Waals surface area contributed by atoms with Crippen molar-refractivity contribution >= 4 is 23.3 Å². The third kappa shape index (κ3) is 4.52. The fourth-order valence-electron chi connectivity index (χ4n) is 3.68. The van der Waals surface area contributed by atoms with Gasteiger partial charge in [-0.05, 0) is 42.3 Å². The Bertz CT molecular complexity index is 1010. The maximum Gasteiger partial charge on any atom is 0.221 e. The van der Waals surface area contributed by atoms with Gasteiger partial charge in [-0.15, -0.1) is 0 Å². The number of amidine groups is 1. The van der Waals surface area contributed by atoms with Crippen molar-refractivity contribution in [1.82, 2.24) is 20.5 Å². The molecule has 1 amide bonds. The van der Waals surface area contributed by atoms with Gasteiger partial charge in [-0.3, -0.25) is 19.7 Å². The lowest BCUT2D eigenvalue weighted by Gasteiger charge is -2.30. The summed E-state index contributed by atoms with van der Waals surface area (Å²) < 4.78 is 13.6. The number of hydrogen-bond donors (Lipinski definition) is 2. The number of amides is 1. The van der Waals surface area contributed by atoms with Crippen LogP contribution in [0.5, 0.6) is 0 Å². The molecule has 30 heavy (non-hydrogen) atoms. The second-order valence-corrected chi connectivity index (χ2v) is 7.83. The van der Waals surface area contributed by atoms with E-state index in [2.05, 4.69) is 20.5 Å². The van der Waals surface area contributed by atoms with Crippen LogP contribution in [0.4, 0.5) is 4.39 Å². The summed E-state index contributed by atoms with van der Waals surface area (Å²) in [5.74, 6) is 0.340. The van der Waals surface area contributed by atoms with Gasteiger partial charge in [0.25, 0.3) is 0 Å². The van der Waals surface area contributed by atoms with Crippen molar-refractivity contribution < 1.29 is 9.18 Å². The molecule has 0 bridgehead atoms. The molecule has 0 radical (unpaired) electrons. The fourth-order valence-corrected chi connectivity index (χ4v) is 3.95. The fraction of sp³-hybridized carbons (Fsp3) is 0.318. The van der Waals surface area contributed by atoms with Crippen LogP contribution in [-0.4, -0.2) is 47.8 Å². The summed E-state index contributed by atoms with van der Waals surface area (Å²) in [4.78, 5) is 23.2. The van der Waals surface area contributed by atoms with Gasteiger partial charge in [0.05, 0.1) is 0 Å². The van der Waals surface area contributed by atoms with E-state index in [0.717, 1.165) is 29.1 Å². The molecule has 2 aliphatic heterocycles. The van der Waals surface area contributed by atoms with Gasteiger partial charge in [0.1, 0.15) is 17.6 Å². The van der Waals surface area contributed by atoms with Crippen LogP contribution in [0.25, 0.3) is 0 Å². The standard InChI is InChI=1S/C22H23ClFN5O/c1-14-19(13-29-10-7-20(30)26-9-11-29)27-22(18-4-2-3-8-25-18)28-21(14)16-6-5-15(24)12-17(16)23/h2-6,8,12,21H,7,9-11,13H2,1H3,(H,26,30)(H,27,28). The average Bonchev–Trinajstić information content (AvgIpc) is 2.94. The first kappa shape index (κ1) is 20.5. The minimum atomic E-state index is -0.379. The van der Waals surface area contributed by atoms with Crippen LogP contribution >= 0.6 is 11.6 Å². The maximum absolute atomic E-state index is 13.6. The van der Waals surface area contributed by atoms with Crippen LogP contribution < -0.4 is 10.6 Å². The van der Waals surface area contributed by atoms with E-state index in [1.165, 1.54) is 12.1 Å². The van der Waals surface area contributed by atoms with Crippen LogP contribution in [0.3, 0.4) is 0 Å². The number of aromatic nitrogens is 1. The highest BCUT2D eigenvalue weighted by Gasteiger charge is 2.27. The molecule has 1 aromatic carbocycles. The molecule has 1 unspecified atom stereocenters. The number of carbonyl (C=O) groups is 1. The zero-order chi connectivity index (χ0) is 21.1. The molecule has 6 nitrogen and oxygen atoms in total. The highest BCUT2D eigenvalue weighted by Crippen LogP contribution is 2.35. The van der Waals surface area contributed by atoms with Gasteiger partial charge in [0.2, 0.25) is 5.91 Å². The number of halogens is 2. The van der Waals surface area contributed by atoms with Crippen LogP contribution in [0.1, 0.15) is 30.6 Å². The Morgan fingerprint density at radius 2 is 2.13 bits per heavy atom. The minimum absolute atomic E-state index is 0.0755. The number of hydrogen-bond acceptors (Lipinski definition) is 5. The molecule has 4 rings (SSSR count). The molecular formula is C22H23ClFN5O. The molecule has 156 valence electrons. The lowest BCUT2D eigenvalue weighted by molar-refractivity contribution is -0.120. The number of rotatable bonds is 4. The molecule has 0 spiro atoms. The SMILES string of the molecule is CC1=C(CN2CCNC(=O)CC2)NC(c2ccccn2)=NC1c1ccc(F)cc1Cl. The second kappa shape index (κ2) is 8.93. The van der Waals surface area contributed by atoms with Gasteiger partial charge in [0, 0.05) is 49.5 Å². The Balaban J connectivity index is 1.69. The van der Waals surface area contributed by atoms with Crippen molar-refractivity contribution in [3.63, 3.8) is 0 Å². The first-order valence-electron chi connectivity index (χ1n) is 9.91. The molecule has 0 saturated carbocycles. The molecule has 0 aliphatic carbocycles. The zero-order valence-corrected chi connectivity index (χ0v) is 17.4. The summed E-state index contributed by atoms with van der Waals surface area (Å²) in [7, 11) is 0. The van der Waals surface area contributed by atoms with E-state index in [4.69, 9.17) is 16.6 Å². The number of carbonyl (C=O) groups excluding carboxylic acids is 1. The van der Waals surface area contributed by atoms with Crippen molar-refractivity contribution in [2.75, 3.05) is 26.2 Å². The van der Waals surface area contributed by atoms with Gasteiger partial charge in [0.15, 0.2) is 5.84 Å². The van der Waals surface area contributed by atoms with Crippen molar-refractivity contribution in [2.45, 2.75) is 19.4 Å². The summed E-state index contributed by atoms with van der Waals surface area (Å²) in [5, 5.41) is 6.68. The van der Waals surface area contributed by atoms with E-state index in [0.29, 0.717) is 36.9 Å². The Hall–Kier alpha value is -2.77. The summed E-state index contributed by atoms with van der Waals surface area (Å²) in [6.07, 6.45) is 2.19. The monoisotopic (exact) mass is 427 g/mol. The van der Waals surface area contributed by atoms with E-state index in [1.807, 2.05) is 25.1 Å². The molecule has 2 aliphatic rings. The number of nitrogens with zero attached hydrogens (tertiary/aromatic N) is 3. The van der Waals surface area contributed by atoms with Gasteiger partial charge in [-0.25, -0.2) is 4.39 Å². The molecule has 2 N–H and O–H groups in total. The van der Waals surface area contributed by atoms with E-state index in [1.54, 1.807) is 12.3 Å². The summed E-state index contributed by atoms with van der Waals surface area (Å²) in [5.41, 5.74) is 3.46. The second-order valence-electron chi connectivity index (χ2n) is 7.42. The molecular weight excluding hydrogens is 405 g/mol. The van der Waals surface area contributed by atoms with Crippen molar-refractivity contribution in [3.8, 4) is 0 Å². The lowest BCUT2D eigenvalue weighted by Crippen LogP contribution is -2.39. The smallest absolute Gasteiger partial charge is 0.221 e. The average molecular weight is 428 g/mol. The van der Waals surface area contributed by atoms with E-state index in [9.17, 15) is 9.18 Å². The Morgan fingerprint density at radius 3 is 2.90 bits per heavy atom. The molecule has 1 aromatic heterocycles. The van der Waals surface area contributed by atoms with Crippen LogP contribution in [0.2, 0.25) is 5.02 Å². The highest BCUT2D eigenvalue weighted by molar-refractivity contribution is 6.31. The highest BCUT2D eigenvalue weighted by atomic mass is 35.5. The van der Waals surface area contributed by atoms with Crippen LogP contribution in [0, 0.1) is 5.82 Å². The number of pyridine rings is 1. The third-order valence-electron chi connectivity index (χ3n) is 5.37. The predicted octanol–water partition coefficient (Wildman–Crippen LogP) is 3.06. The van der Waals surface area contributed by atoms with Crippen LogP contribution in [-0.2, 0) is 4.79 Å². The van der Waals surface area contributed by atoms with Crippen LogP contribution in [0.15, 0.2) is 58.9 Å². The lowest BCUT2D eigenvalue weighted by atomic mass is 9.96. The summed E-state index contributed by atoms with van der Waals surface area (Å²) in [6, 6.07) is 9.70. The van der Waals surface area contributed by atoms with E-state index < -0.39 is 0 Å². The Labute approximate surface area is 179 Å². The molecule has 8 heteroatoms. The maximum atomic E-state index is 13.6. The number of benzene rings is 1. The van der Waals surface area contributed by atoms with Gasteiger partial charge in [-0.2, -0.15) is 0 Å². The Morgan fingerprint density at radius 1 is 1.27 bits per heavy atom. The third-order valence-corrected chi connectivity index (χ3v) is 5.69. The summed E-state index contributed by atoms with van der Waals surface area (Å²) in [6.45, 7) is 4.72. The molecule has 2 aromatic rings. The quantitative estimate of drug-likeness (QED) is 0.786. The predicted molar refractivity (Wildman–Crippen MR) is 115 cm³/mol. The zero-order valence-electron chi connectivity index (χ0n) is 16.7. The van der Waals surface area contributed by atoms with E-state index in [-0.39, 0.29) is 17.8 Å². The largest absolute Gasteiger partial charge is 0.355 e. The molecule has 3 heterocycles. The first-order valence-corrected chi connectivity index (χ1v) is 10.3. The number of aliphatic imine (C=N–C) groups is 1. The molecule has 1 saturated heterocycles. The molecule has 1 fully saturated rings. The van der Waals surface area contributed by atoms with E-state index >= 15 is 0 Å². The number of nitrogens with one attached hydrogen (secondary N) is 2. The minimum Gasteiger partial charge on any atom is -0.355 e. The van der Waals surface area contributed by atoms with Gasteiger partial charge < -0.3 is 10.6 Å². The van der Waals surface area contributed by atoms with Crippen molar-refractivity contribution in [2.24, 2.45) is 4.99 Å². The topological polar surface area (TPSA) is 69.6 Å². The van der Waals surface area contributed by atoms with Gasteiger partial charge >= 0.3 is 0 Å². The normalized spacial score (nSPS) is 20.3. The Kier molecular flexibility index (Phi) is 6.11.